The van der Waals surface area contributed by atoms with Gasteiger partial charge in [-0.05, 0) is 32.7 Å². The van der Waals surface area contributed by atoms with Gasteiger partial charge < -0.3 is 5.32 Å². The fourth-order valence-corrected chi connectivity index (χ4v) is 0.895. The van der Waals surface area contributed by atoms with Gasteiger partial charge in [-0.25, -0.2) is 0 Å². The summed E-state index contributed by atoms with van der Waals surface area (Å²) in [5.74, 6) is -0.907. The fourth-order valence-electron chi connectivity index (χ4n) is 0.895. The summed E-state index contributed by atoms with van der Waals surface area (Å²) in [6.07, 6.45) is -1.68. The fraction of sp³-hybridized carbons (Fsp3) is 1.00. The standard InChI is InChI=1S/C7H15N.ClH/c1-6-4-7(2,3)8-5-6;/h6,8H,4-5H2,1-3H3;1H/t6-;/m0./s1/i1D3,4D2;. The molecule has 1 N–H and O–H groups in total. The Balaban J connectivity index is 0.00000169. The Morgan fingerprint density at radius 2 is 2.44 bits per heavy atom. The van der Waals surface area contributed by atoms with Crippen molar-refractivity contribution < 1.29 is 6.85 Å². The summed E-state index contributed by atoms with van der Waals surface area (Å²) < 4.78 is 37.1. The molecule has 1 fully saturated rings. The number of hydrogen-bond acceptors (Lipinski definition) is 1. The van der Waals surface area contributed by atoms with Crippen LogP contribution in [0.2, 0.25) is 0 Å². The molecule has 56 valence electrons. The van der Waals surface area contributed by atoms with Crippen LogP contribution in [0.4, 0.5) is 0 Å². The molecule has 0 saturated carbocycles. The van der Waals surface area contributed by atoms with Crippen LogP contribution in [-0.2, 0) is 0 Å². The second-order valence-electron chi connectivity index (χ2n) is 2.70. The zero-order chi connectivity index (χ0) is 10.5. The molecule has 1 heterocycles. The van der Waals surface area contributed by atoms with Gasteiger partial charge in [0.05, 0.1) is 0 Å². The van der Waals surface area contributed by atoms with E-state index in [-0.39, 0.29) is 19.0 Å². The molecule has 9 heavy (non-hydrogen) atoms. The molecule has 0 amide bonds. The van der Waals surface area contributed by atoms with Crippen LogP contribution in [0, 0.1) is 5.92 Å². The van der Waals surface area contributed by atoms with Crippen LogP contribution in [0.3, 0.4) is 0 Å². The van der Waals surface area contributed by atoms with Crippen LogP contribution in [0.15, 0.2) is 0 Å². The first kappa shape index (κ1) is 3.59. The summed E-state index contributed by atoms with van der Waals surface area (Å²) in [5, 5.41) is 2.91. The molecule has 0 unspecified atom stereocenters. The monoisotopic (exact) mass is 154 g/mol. The largest absolute Gasteiger partial charge is 0.312 e. The molecule has 1 aliphatic rings. The molecule has 1 rings (SSSR count). The van der Waals surface area contributed by atoms with Crippen molar-refractivity contribution in [2.24, 2.45) is 5.92 Å². The van der Waals surface area contributed by atoms with Gasteiger partial charge in [-0.2, -0.15) is 0 Å². The zero-order valence-corrected chi connectivity index (χ0v) is 6.51. The molecule has 0 bridgehead atoms. The van der Waals surface area contributed by atoms with Gasteiger partial charge in [-0.3, -0.25) is 0 Å². The predicted molar refractivity (Wildman–Crippen MR) is 43.1 cm³/mol. The predicted octanol–water partition coefficient (Wildman–Crippen LogP) is 1.82. The first-order chi connectivity index (χ1) is 5.59. The second-order valence-corrected chi connectivity index (χ2v) is 2.70. The third-order valence-corrected chi connectivity index (χ3v) is 1.28. The topological polar surface area (TPSA) is 12.0 Å². The molecule has 0 aromatic heterocycles. The van der Waals surface area contributed by atoms with Gasteiger partial charge in [0.15, 0.2) is 0 Å². The Bertz CT molecular complexity index is 213. The maximum atomic E-state index is 7.75. The summed E-state index contributed by atoms with van der Waals surface area (Å²) in [4.78, 5) is 0. The van der Waals surface area contributed by atoms with Crippen LogP contribution in [-0.4, -0.2) is 12.1 Å². The Labute approximate surface area is 70.7 Å². The van der Waals surface area contributed by atoms with E-state index < -0.39 is 24.7 Å². The van der Waals surface area contributed by atoms with Crippen molar-refractivity contribution in [1.82, 2.24) is 5.32 Å². The van der Waals surface area contributed by atoms with Gasteiger partial charge in [-0.15, -0.1) is 12.4 Å². The second kappa shape index (κ2) is 2.89. The molecule has 2 heteroatoms. The first-order valence-electron chi connectivity index (χ1n) is 5.34. The number of halogens is 1. The Morgan fingerprint density at radius 3 is 2.67 bits per heavy atom. The Kier molecular flexibility index (Phi) is 1.15. The van der Waals surface area contributed by atoms with E-state index in [0.717, 1.165) is 0 Å². The number of nitrogens with one attached hydrogen (secondary N) is 1. The van der Waals surface area contributed by atoms with E-state index in [1.165, 1.54) is 0 Å². The van der Waals surface area contributed by atoms with Crippen molar-refractivity contribution >= 4 is 12.4 Å². The summed E-state index contributed by atoms with van der Waals surface area (Å²) in [5.41, 5.74) is -0.758. The van der Waals surface area contributed by atoms with E-state index in [2.05, 4.69) is 5.32 Å². The van der Waals surface area contributed by atoms with Crippen molar-refractivity contribution in [2.75, 3.05) is 6.54 Å². The molecule has 1 saturated heterocycles. The van der Waals surface area contributed by atoms with Crippen molar-refractivity contribution in [2.45, 2.75) is 32.6 Å². The van der Waals surface area contributed by atoms with Gasteiger partial charge in [0.2, 0.25) is 0 Å². The van der Waals surface area contributed by atoms with E-state index >= 15 is 0 Å². The lowest BCUT2D eigenvalue weighted by molar-refractivity contribution is 0.448. The molecule has 0 spiro atoms. The third-order valence-electron chi connectivity index (χ3n) is 1.28. The lowest BCUT2D eigenvalue weighted by Gasteiger charge is -2.16. The highest BCUT2D eigenvalue weighted by molar-refractivity contribution is 5.85. The van der Waals surface area contributed by atoms with Crippen molar-refractivity contribution in [3.63, 3.8) is 0 Å². The Hall–Kier alpha value is 0.250. The molecule has 1 atom stereocenters. The van der Waals surface area contributed by atoms with E-state index in [0.29, 0.717) is 0 Å². The van der Waals surface area contributed by atoms with Crippen LogP contribution < -0.4 is 5.32 Å². The molecule has 0 aromatic rings. The number of hydrogen-bond donors (Lipinski definition) is 1. The van der Waals surface area contributed by atoms with Crippen molar-refractivity contribution in [3.8, 4) is 0 Å². The third kappa shape index (κ3) is 2.55. The van der Waals surface area contributed by atoms with Crippen LogP contribution >= 0.6 is 12.4 Å². The lowest BCUT2D eigenvalue weighted by atomic mass is 9.99. The number of rotatable bonds is 0. The highest BCUT2D eigenvalue weighted by Crippen LogP contribution is 2.21. The van der Waals surface area contributed by atoms with Crippen molar-refractivity contribution in [3.05, 3.63) is 0 Å². The van der Waals surface area contributed by atoms with Gasteiger partial charge in [-0.1, -0.05) is 6.85 Å². The SMILES string of the molecule is Cl.[2H]C([2H])([2H])[C@@H]1CNC(C)(C)C1([2H])[2H]. The van der Waals surface area contributed by atoms with Crippen LogP contribution in [0.5, 0.6) is 0 Å². The van der Waals surface area contributed by atoms with E-state index in [1.54, 1.807) is 13.8 Å². The molecular weight excluding hydrogens is 134 g/mol. The summed E-state index contributed by atoms with van der Waals surface area (Å²) in [7, 11) is 0. The quantitative estimate of drug-likeness (QED) is 0.562. The van der Waals surface area contributed by atoms with E-state index in [4.69, 9.17) is 6.85 Å². The van der Waals surface area contributed by atoms with Crippen LogP contribution in [0.25, 0.3) is 0 Å². The van der Waals surface area contributed by atoms with Crippen LogP contribution in [0.1, 0.15) is 33.9 Å². The highest BCUT2D eigenvalue weighted by atomic mass is 35.5. The highest BCUT2D eigenvalue weighted by Gasteiger charge is 2.26. The molecule has 1 aliphatic heterocycles. The smallest absolute Gasteiger partial charge is 0.0288 e. The molecule has 0 aromatic carbocycles. The molecule has 0 radical (unpaired) electrons. The van der Waals surface area contributed by atoms with Crippen molar-refractivity contribution in [1.29, 1.82) is 0 Å². The average Bonchev–Trinajstić information content (AvgIpc) is 2.00. The maximum Gasteiger partial charge on any atom is 0.0288 e. The van der Waals surface area contributed by atoms with Gasteiger partial charge in [0.25, 0.3) is 0 Å². The molecule has 0 aliphatic carbocycles. The normalized spacial score (nSPS) is 46.9. The molecule has 1 nitrogen and oxygen atoms in total. The Morgan fingerprint density at radius 1 is 1.78 bits per heavy atom. The van der Waals surface area contributed by atoms with Gasteiger partial charge >= 0.3 is 0 Å². The lowest BCUT2D eigenvalue weighted by Crippen LogP contribution is -2.31. The summed E-state index contributed by atoms with van der Waals surface area (Å²) in [6, 6.07) is 0. The first-order valence-corrected chi connectivity index (χ1v) is 2.84. The minimum Gasteiger partial charge on any atom is -0.312 e. The molecular formula is C7H16ClN. The minimum atomic E-state index is -2.22. The summed E-state index contributed by atoms with van der Waals surface area (Å²) in [6.45, 7) is 1.39. The van der Waals surface area contributed by atoms with E-state index in [1.807, 2.05) is 0 Å². The minimum absolute atomic E-state index is 0. The zero-order valence-electron chi connectivity index (χ0n) is 10.7. The van der Waals surface area contributed by atoms with Gasteiger partial charge in [0, 0.05) is 12.4 Å². The summed E-state index contributed by atoms with van der Waals surface area (Å²) >= 11 is 0. The average molecular weight is 155 g/mol. The maximum absolute atomic E-state index is 7.75. The van der Waals surface area contributed by atoms with Gasteiger partial charge in [0.1, 0.15) is 0 Å². The van der Waals surface area contributed by atoms with E-state index in [9.17, 15) is 0 Å².